The van der Waals surface area contributed by atoms with E-state index in [1.807, 2.05) is 43.3 Å². The fourth-order valence-electron chi connectivity index (χ4n) is 2.94. The third-order valence-electron chi connectivity index (χ3n) is 4.24. The number of fused-ring (bicyclic) bond motifs is 1. The van der Waals surface area contributed by atoms with Crippen molar-refractivity contribution in [3.63, 3.8) is 0 Å². The molecule has 7 heteroatoms. The Morgan fingerprint density at radius 2 is 2.04 bits per heavy atom. The summed E-state index contributed by atoms with van der Waals surface area (Å²) in [5, 5.41) is 3.36. The average molecular weight is 376 g/mol. The quantitative estimate of drug-likeness (QED) is 0.798. The van der Waals surface area contributed by atoms with Crippen molar-refractivity contribution in [1.29, 1.82) is 0 Å². The topological polar surface area (TPSA) is 77.5 Å². The zero-order valence-corrected chi connectivity index (χ0v) is 15.8. The Labute approximate surface area is 154 Å². The smallest absolute Gasteiger partial charge is 0.257 e. The van der Waals surface area contributed by atoms with Gasteiger partial charge >= 0.3 is 0 Å². The van der Waals surface area contributed by atoms with Crippen molar-refractivity contribution in [3.05, 3.63) is 53.7 Å². The van der Waals surface area contributed by atoms with Crippen LogP contribution in [-0.4, -0.2) is 44.7 Å². The van der Waals surface area contributed by atoms with Crippen LogP contribution < -0.4 is 14.8 Å². The molecule has 1 aliphatic heterocycles. The molecule has 1 N–H and O–H groups in total. The first-order chi connectivity index (χ1) is 12.4. The Balaban J connectivity index is 1.47. The van der Waals surface area contributed by atoms with Crippen molar-refractivity contribution in [3.8, 4) is 11.6 Å². The molecule has 26 heavy (non-hydrogen) atoms. The lowest BCUT2D eigenvalue weighted by atomic mass is 10.0. The van der Waals surface area contributed by atoms with Crippen molar-refractivity contribution in [2.75, 3.05) is 25.2 Å². The summed E-state index contributed by atoms with van der Waals surface area (Å²) in [5.74, 6) is 1.38. The molecule has 0 unspecified atom stereocenters. The van der Waals surface area contributed by atoms with Crippen LogP contribution in [0.25, 0.3) is 0 Å². The Bertz CT molecular complexity index is 837. The number of rotatable bonds is 7. The number of nitrogens with zero attached hydrogens (tertiary/aromatic N) is 1. The molecule has 0 bridgehead atoms. The van der Waals surface area contributed by atoms with Gasteiger partial charge in [-0.1, -0.05) is 31.2 Å². The summed E-state index contributed by atoms with van der Waals surface area (Å²) in [6, 6.07) is 11.7. The molecule has 140 valence electrons. The van der Waals surface area contributed by atoms with Crippen molar-refractivity contribution < 1.29 is 17.9 Å². The molecule has 0 fully saturated rings. The van der Waals surface area contributed by atoms with Gasteiger partial charge in [0, 0.05) is 25.5 Å². The molecule has 6 nitrogen and oxygen atoms in total. The number of ether oxygens (including phenoxy) is 2. The molecule has 0 amide bonds. The SMILES string of the molecule is C[C@@H](CS(C)(=O)=O)c1ccc(CNC[C@H]2COc3cccnc3O2)cc1. The highest BCUT2D eigenvalue weighted by Gasteiger charge is 2.21. The zero-order valence-electron chi connectivity index (χ0n) is 15.0. The van der Waals surface area contributed by atoms with E-state index in [0.29, 0.717) is 31.3 Å². The van der Waals surface area contributed by atoms with Gasteiger partial charge in [0.15, 0.2) is 5.75 Å². The maximum Gasteiger partial charge on any atom is 0.257 e. The van der Waals surface area contributed by atoms with Gasteiger partial charge in [0.1, 0.15) is 22.5 Å². The van der Waals surface area contributed by atoms with E-state index in [9.17, 15) is 8.42 Å². The third kappa shape index (κ3) is 5.19. The highest BCUT2D eigenvalue weighted by atomic mass is 32.2. The Hall–Kier alpha value is -2.12. The molecule has 0 spiro atoms. The van der Waals surface area contributed by atoms with Crippen molar-refractivity contribution in [2.24, 2.45) is 0 Å². The molecular weight excluding hydrogens is 352 g/mol. The molecule has 2 heterocycles. The third-order valence-corrected chi connectivity index (χ3v) is 5.35. The van der Waals surface area contributed by atoms with Crippen LogP contribution in [0.1, 0.15) is 24.0 Å². The van der Waals surface area contributed by atoms with Crippen LogP contribution in [0.3, 0.4) is 0 Å². The molecule has 0 aliphatic carbocycles. The lowest BCUT2D eigenvalue weighted by molar-refractivity contribution is 0.0843. The van der Waals surface area contributed by atoms with E-state index in [1.54, 1.807) is 6.20 Å². The van der Waals surface area contributed by atoms with Crippen LogP contribution >= 0.6 is 0 Å². The van der Waals surface area contributed by atoms with E-state index in [2.05, 4.69) is 10.3 Å². The van der Waals surface area contributed by atoms with Gasteiger partial charge < -0.3 is 14.8 Å². The Kier molecular flexibility index (Phi) is 5.78. The summed E-state index contributed by atoms with van der Waals surface area (Å²) in [6.45, 7) is 3.78. The maximum absolute atomic E-state index is 11.4. The lowest BCUT2D eigenvalue weighted by Gasteiger charge is -2.25. The molecule has 0 saturated heterocycles. The van der Waals surface area contributed by atoms with Gasteiger partial charge in [0.05, 0.1) is 5.75 Å². The number of hydrogen-bond acceptors (Lipinski definition) is 6. The second-order valence-electron chi connectivity index (χ2n) is 6.72. The Morgan fingerprint density at radius 1 is 1.27 bits per heavy atom. The standard InChI is InChI=1S/C19H24N2O4S/c1-14(13-26(2,22)23)16-7-5-15(6-8-16)10-20-11-17-12-24-18-4-3-9-21-19(18)25-17/h3-9,14,17,20H,10-13H2,1-2H3/t14-,17-/m0/s1. The highest BCUT2D eigenvalue weighted by Crippen LogP contribution is 2.28. The van der Waals surface area contributed by atoms with Crippen LogP contribution in [0.4, 0.5) is 0 Å². The second kappa shape index (κ2) is 8.05. The molecule has 1 aromatic heterocycles. The van der Waals surface area contributed by atoms with Crippen molar-refractivity contribution >= 4 is 9.84 Å². The van der Waals surface area contributed by atoms with Crippen molar-refractivity contribution in [1.82, 2.24) is 10.3 Å². The molecule has 1 aromatic carbocycles. The molecule has 2 aromatic rings. The summed E-state index contributed by atoms with van der Waals surface area (Å²) < 4.78 is 34.3. The summed E-state index contributed by atoms with van der Waals surface area (Å²) >= 11 is 0. The minimum absolute atomic E-state index is 0.00707. The van der Waals surface area contributed by atoms with E-state index in [-0.39, 0.29) is 17.8 Å². The molecule has 3 rings (SSSR count). The van der Waals surface area contributed by atoms with Crippen LogP contribution in [0.15, 0.2) is 42.6 Å². The number of sulfone groups is 1. The largest absolute Gasteiger partial charge is 0.484 e. The molecule has 1 aliphatic rings. The van der Waals surface area contributed by atoms with Gasteiger partial charge in [-0.05, 0) is 29.2 Å². The summed E-state index contributed by atoms with van der Waals surface area (Å²) in [7, 11) is -2.97. The number of nitrogens with one attached hydrogen (secondary N) is 1. The summed E-state index contributed by atoms with van der Waals surface area (Å²) in [5.41, 5.74) is 2.17. The van der Waals surface area contributed by atoms with Crippen LogP contribution in [0, 0.1) is 0 Å². The number of pyridine rings is 1. The summed E-state index contributed by atoms with van der Waals surface area (Å²) in [6.07, 6.45) is 2.88. The highest BCUT2D eigenvalue weighted by molar-refractivity contribution is 7.90. The second-order valence-corrected chi connectivity index (χ2v) is 8.91. The van der Waals surface area contributed by atoms with Crippen LogP contribution in [0.5, 0.6) is 11.6 Å². The fourth-order valence-corrected chi connectivity index (χ4v) is 4.04. The number of aromatic nitrogens is 1. The maximum atomic E-state index is 11.4. The van der Waals surface area contributed by atoms with Gasteiger partial charge in [-0.15, -0.1) is 0 Å². The van der Waals surface area contributed by atoms with E-state index < -0.39 is 9.84 Å². The normalized spacial score (nSPS) is 17.7. The predicted molar refractivity (Wildman–Crippen MR) is 100 cm³/mol. The fraction of sp³-hybridized carbons (Fsp3) is 0.421. The van der Waals surface area contributed by atoms with Gasteiger partial charge in [-0.3, -0.25) is 0 Å². The van der Waals surface area contributed by atoms with Crippen LogP contribution in [0.2, 0.25) is 0 Å². The average Bonchev–Trinajstić information content (AvgIpc) is 2.61. The van der Waals surface area contributed by atoms with Gasteiger partial charge in [-0.2, -0.15) is 0 Å². The molecule has 2 atom stereocenters. The van der Waals surface area contributed by atoms with E-state index in [1.165, 1.54) is 6.26 Å². The minimum Gasteiger partial charge on any atom is -0.484 e. The van der Waals surface area contributed by atoms with E-state index >= 15 is 0 Å². The monoisotopic (exact) mass is 376 g/mol. The lowest BCUT2D eigenvalue weighted by Crippen LogP contribution is -2.38. The Morgan fingerprint density at radius 3 is 2.77 bits per heavy atom. The van der Waals surface area contributed by atoms with Gasteiger partial charge in [-0.25, -0.2) is 13.4 Å². The molecule has 0 saturated carbocycles. The van der Waals surface area contributed by atoms with Gasteiger partial charge in [0.2, 0.25) is 0 Å². The van der Waals surface area contributed by atoms with E-state index in [4.69, 9.17) is 9.47 Å². The first kappa shape index (κ1) is 18.7. The minimum atomic E-state index is -2.97. The first-order valence-corrected chi connectivity index (χ1v) is 10.7. The van der Waals surface area contributed by atoms with Crippen molar-refractivity contribution in [2.45, 2.75) is 25.5 Å². The molecular formula is C19H24N2O4S. The van der Waals surface area contributed by atoms with Gasteiger partial charge in [0.25, 0.3) is 5.88 Å². The first-order valence-electron chi connectivity index (χ1n) is 8.62. The zero-order chi connectivity index (χ0) is 18.6. The molecule has 0 radical (unpaired) electrons. The predicted octanol–water partition coefficient (Wildman–Crippen LogP) is 2.16. The summed E-state index contributed by atoms with van der Waals surface area (Å²) in [4.78, 5) is 4.17. The number of hydrogen-bond donors (Lipinski definition) is 1. The van der Waals surface area contributed by atoms with E-state index in [0.717, 1.165) is 11.1 Å². The number of benzene rings is 1. The van der Waals surface area contributed by atoms with Crippen LogP contribution in [-0.2, 0) is 16.4 Å².